The maximum atomic E-state index is 13.1. The molecular formula is C18H18N4O3S. The number of morpholine rings is 1. The van der Waals surface area contributed by atoms with Crippen LogP contribution in [0.1, 0.15) is 37.8 Å². The topological polar surface area (TPSA) is 81.4 Å². The van der Waals surface area contributed by atoms with Crippen LogP contribution in [0.25, 0.3) is 0 Å². The van der Waals surface area contributed by atoms with Crippen LogP contribution >= 0.6 is 11.3 Å². The van der Waals surface area contributed by atoms with Crippen molar-refractivity contribution in [3.63, 3.8) is 0 Å². The molecule has 3 heterocycles. The number of hydrogen-bond donors (Lipinski definition) is 0. The lowest BCUT2D eigenvalue weighted by Gasteiger charge is -2.33. The van der Waals surface area contributed by atoms with Gasteiger partial charge in [0, 0.05) is 13.0 Å². The highest BCUT2D eigenvalue weighted by Crippen LogP contribution is 2.28. The van der Waals surface area contributed by atoms with E-state index in [4.69, 9.17) is 9.26 Å². The molecule has 1 atom stereocenters. The summed E-state index contributed by atoms with van der Waals surface area (Å²) in [5, 5.41) is 4.81. The Kier molecular flexibility index (Phi) is 4.77. The van der Waals surface area contributed by atoms with Crippen molar-refractivity contribution in [2.75, 3.05) is 19.8 Å². The molecule has 134 valence electrons. The zero-order chi connectivity index (χ0) is 17.9. The zero-order valence-corrected chi connectivity index (χ0v) is 15.1. The first-order valence-corrected chi connectivity index (χ1v) is 9.19. The van der Waals surface area contributed by atoms with Crippen molar-refractivity contribution >= 4 is 17.2 Å². The van der Waals surface area contributed by atoms with Gasteiger partial charge in [-0.15, -0.1) is 11.3 Å². The van der Waals surface area contributed by atoms with Crippen LogP contribution in [0, 0.1) is 6.92 Å². The van der Waals surface area contributed by atoms with E-state index in [0.29, 0.717) is 30.5 Å². The van der Waals surface area contributed by atoms with Crippen molar-refractivity contribution in [1.29, 1.82) is 0 Å². The third kappa shape index (κ3) is 3.38. The molecule has 0 radical (unpaired) electrons. The highest BCUT2D eigenvalue weighted by Gasteiger charge is 2.33. The number of hydrogen-bond acceptors (Lipinski definition) is 7. The first-order chi connectivity index (χ1) is 12.7. The summed E-state index contributed by atoms with van der Waals surface area (Å²) in [6, 6.07) is 9.78. The second-order valence-electron chi connectivity index (χ2n) is 6.06. The summed E-state index contributed by atoms with van der Waals surface area (Å²) in [5.41, 5.74) is 1.93. The summed E-state index contributed by atoms with van der Waals surface area (Å²) < 4.78 is 10.3. The summed E-state index contributed by atoms with van der Waals surface area (Å²) in [5.74, 6) is 0.405. The number of amides is 1. The number of carbonyl (C=O) groups excluding carboxylic acids is 1. The van der Waals surface area contributed by atoms with E-state index in [1.165, 1.54) is 23.3 Å². The maximum Gasteiger partial charge on any atom is 0.266 e. The quantitative estimate of drug-likeness (QED) is 0.702. The minimum Gasteiger partial charge on any atom is -0.377 e. The predicted molar refractivity (Wildman–Crippen MR) is 95.0 cm³/mol. The summed E-state index contributed by atoms with van der Waals surface area (Å²) in [7, 11) is 0. The number of thiazole rings is 1. The predicted octanol–water partition coefficient (Wildman–Crippen LogP) is 2.64. The number of aryl methyl sites for hydroxylation is 1. The Labute approximate surface area is 154 Å². The number of nitrogens with zero attached hydrogens (tertiary/aromatic N) is 4. The van der Waals surface area contributed by atoms with Gasteiger partial charge in [0.2, 0.25) is 6.39 Å². The van der Waals surface area contributed by atoms with Crippen LogP contribution < -0.4 is 0 Å². The van der Waals surface area contributed by atoms with Crippen LogP contribution in [0.15, 0.2) is 41.2 Å². The number of carbonyl (C=O) groups is 1. The van der Waals surface area contributed by atoms with Crippen molar-refractivity contribution in [2.45, 2.75) is 19.4 Å². The van der Waals surface area contributed by atoms with Gasteiger partial charge >= 0.3 is 0 Å². The molecule has 0 unspecified atom stereocenters. The molecule has 0 bridgehead atoms. The summed E-state index contributed by atoms with van der Waals surface area (Å²) in [6.45, 7) is 3.22. The van der Waals surface area contributed by atoms with Crippen molar-refractivity contribution in [3.8, 4) is 0 Å². The number of rotatable bonds is 4. The van der Waals surface area contributed by atoms with Gasteiger partial charge in [-0.2, -0.15) is 4.98 Å². The minimum atomic E-state index is -0.339. The smallest absolute Gasteiger partial charge is 0.266 e. The van der Waals surface area contributed by atoms with Crippen LogP contribution in [0.2, 0.25) is 0 Å². The largest absolute Gasteiger partial charge is 0.377 e. The normalized spacial score (nSPS) is 17.4. The zero-order valence-electron chi connectivity index (χ0n) is 14.3. The molecule has 1 aromatic carbocycles. The third-order valence-electron chi connectivity index (χ3n) is 4.30. The fourth-order valence-electron chi connectivity index (χ4n) is 3.01. The molecule has 7 nitrogen and oxygen atoms in total. The highest BCUT2D eigenvalue weighted by molar-refractivity contribution is 7.13. The molecule has 2 aromatic heterocycles. The molecule has 0 saturated carbocycles. The van der Waals surface area contributed by atoms with Gasteiger partial charge in [-0.05, 0) is 12.5 Å². The van der Waals surface area contributed by atoms with Gasteiger partial charge < -0.3 is 14.2 Å². The lowest BCUT2D eigenvalue weighted by molar-refractivity contribution is -0.00556. The van der Waals surface area contributed by atoms with Crippen LogP contribution in [0.3, 0.4) is 0 Å². The molecular weight excluding hydrogens is 352 g/mol. The monoisotopic (exact) mass is 370 g/mol. The number of ether oxygens (including phenoxy) is 1. The Morgan fingerprint density at radius 3 is 2.96 bits per heavy atom. The molecule has 8 heteroatoms. The molecule has 4 rings (SSSR count). The van der Waals surface area contributed by atoms with E-state index in [2.05, 4.69) is 27.3 Å². The van der Waals surface area contributed by atoms with E-state index in [1.54, 1.807) is 4.90 Å². The number of aromatic nitrogens is 3. The molecule has 1 aliphatic rings. The Bertz CT molecular complexity index is 879. The molecule has 0 aliphatic carbocycles. The average molecular weight is 370 g/mol. The molecule has 1 amide bonds. The van der Waals surface area contributed by atoms with Crippen molar-refractivity contribution in [3.05, 3.63) is 63.7 Å². The van der Waals surface area contributed by atoms with Gasteiger partial charge in [0.25, 0.3) is 5.91 Å². The fraction of sp³-hybridized carbons (Fsp3) is 0.333. The van der Waals surface area contributed by atoms with E-state index in [1.807, 2.05) is 25.1 Å². The molecule has 1 saturated heterocycles. The van der Waals surface area contributed by atoms with E-state index < -0.39 is 0 Å². The molecule has 3 aromatic rings. The summed E-state index contributed by atoms with van der Waals surface area (Å²) in [6.07, 6.45) is 1.99. The summed E-state index contributed by atoms with van der Waals surface area (Å²) >= 11 is 1.45. The first kappa shape index (κ1) is 16.9. The second kappa shape index (κ2) is 7.35. The van der Waals surface area contributed by atoms with Crippen LogP contribution in [0.4, 0.5) is 0 Å². The standard InChI is InChI=1S/C18H18N4O3S/c1-12-16(26-15(20-12)9-13-5-3-2-4-6-13)18(23)22-7-8-24-10-14(22)17-19-11-25-21-17/h2-6,11,14H,7-10H2,1H3/t14-/m0/s1. The van der Waals surface area contributed by atoms with Gasteiger partial charge in [-0.3, -0.25) is 4.79 Å². The Balaban J connectivity index is 1.57. The highest BCUT2D eigenvalue weighted by atomic mass is 32.1. The van der Waals surface area contributed by atoms with Crippen LogP contribution in [-0.4, -0.2) is 45.7 Å². The fourth-order valence-corrected chi connectivity index (χ4v) is 4.07. The van der Waals surface area contributed by atoms with E-state index in [0.717, 1.165) is 17.1 Å². The molecule has 26 heavy (non-hydrogen) atoms. The van der Waals surface area contributed by atoms with Crippen molar-refractivity contribution < 1.29 is 14.1 Å². The van der Waals surface area contributed by atoms with Gasteiger partial charge in [-0.25, -0.2) is 4.98 Å². The third-order valence-corrected chi connectivity index (χ3v) is 5.44. The second-order valence-corrected chi connectivity index (χ2v) is 7.15. The van der Waals surface area contributed by atoms with Crippen molar-refractivity contribution in [1.82, 2.24) is 20.0 Å². The average Bonchev–Trinajstić information content (AvgIpc) is 3.32. The Hall–Kier alpha value is -2.58. The van der Waals surface area contributed by atoms with Gasteiger partial charge in [0.05, 0.1) is 23.9 Å². The van der Waals surface area contributed by atoms with Crippen molar-refractivity contribution in [2.24, 2.45) is 0 Å². The Morgan fingerprint density at radius 1 is 1.35 bits per heavy atom. The Morgan fingerprint density at radius 2 is 2.19 bits per heavy atom. The first-order valence-electron chi connectivity index (χ1n) is 8.37. The lowest BCUT2D eigenvalue weighted by Crippen LogP contribution is -2.43. The SMILES string of the molecule is Cc1nc(Cc2ccccc2)sc1C(=O)N1CCOC[C@H]1c1ncon1. The molecule has 1 aliphatic heterocycles. The van der Waals surface area contributed by atoms with E-state index in [9.17, 15) is 4.79 Å². The summed E-state index contributed by atoms with van der Waals surface area (Å²) in [4.78, 5) is 24.2. The van der Waals surface area contributed by atoms with Gasteiger partial charge in [0.15, 0.2) is 5.82 Å². The molecule has 1 fully saturated rings. The lowest BCUT2D eigenvalue weighted by atomic mass is 10.2. The molecule has 0 spiro atoms. The maximum absolute atomic E-state index is 13.1. The molecule has 0 N–H and O–H groups in total. The number of benzene rings is 1. The van der Waals surface area contributed by atoms with E-state index >= 15 is 0 Å². The van der Waals surface area contributed by atoms with E-state index in [-0.39, 0.29) is 11.9 Å². The van der Waals surface area contributed by atoms with Crippen LogP contribution in [0.5, 0.6) is 0 Å². The van der Waals surface area contributed by atoms with Crippen LogP contribution in [-0.2, 0) is 11.2 Å². The van der Waals surface area contributed by atoms with Gasteiger partial charge in [0.1, 0.15) is 10.9 Å². The minimum absolute atomic E-state index is 0.0580. The van der Waals surface area contributed by atoms with Gasteiger partial charge in [-0.1, -0.05) is 35.5 Å².